The van der Waals surface area contributed by atoms with Crippen LogP contribution in [0.3, 0.4) is 0 Å². The lowest BCUT2D eigenvalue weighted by Crippen LogP contribution is -2.32. The maximum atomic E-state index is 5.52. The summed E-state index contributed by atoms with van der Waals surface area (Å²) in [7, 11) is 4.21. The summed E-state index contributed by atoms with van der Waals surface area (Å²) in [4.78, 5) is 13.6. The maximum absolute atomic E-state index is 5.52. The van der Waals surface area contributed by atoms with E-state index in [0.717, 1.165) is 50.8 Å². The molecule has 25 heavy (non-hydrogen) atoms. The molecule has 1 saturated heterocycles. The number of benzene rings is 1. The Labute approximate surface area is 150 Å². The Bertz CT molecular complexity index is 666. The van der Waals surface area contributed by atoms with E-state index in [1.807, 2.05) is 0 Å². The van der Waals surface area contributed by atoms with Crippen molar-refractivity contribution in [1.82, 2.24) is 14.9 Å². The van der Waals surface area contributed by atoms with Gasteiger partial charge in [-0.15, -0.1) is 0 Å². The third-order valence-electron chi connectivity index (χ3n) is 4.66. The Balaban J connectivity index is 1.80. The molecule has 0 N–H and O–H groups in total. The number of nitrogens with zero attached hydrogens (tertiary/aromatic N) is 4. The van der Waals surface area contributed by atoms with Crippen molar-refractivity contribution in [2.75, 3.05) is 45.3 Å². The number of aromatic nitrogens is 2. The molecule has 2 heterocycles. The number of hydrogen-bond acceptors (Lipinski definition) is 5. The normalized spacial score (nSPS) is 17.2. The average Bonchev–Trinajstić information content (AvgIpc) is 3.15. The highest BCUT2D eigenvalue weighted by molar-refractivity contribution is 5.41. The van der Waals surface area contributed by atoms with E-state index in [4.69, 9.17) is 4.74 Å². The van der Waals surface area contributed by atoms with Crippen molar-refractivity contribution < 1.29 is 4.74 Å². The van der Waals surface area contributed by atoms with Crippen LogP contribution >= 0.6 is 0 Å². The van der Waals surface area contributed by atoms with Crippen molar-refractivity contribution in [2.45, 2.75) is 25.8 Å². The van der Waals surface area contributed by atoms with Crippen LogP contribution in [-0.4, -0.2) is 55.3 Å². The van der Waals surface area contributed by atoms with Gasteiger partial charge >= 0.3 is 0 Å². The molecule has 1 aromatic heterocycles. The molecule has 0 spiro atoms. The molecule has 1 aliphatic heterocycles. The number of aryl methyl sites for hydroxylation is 1. The molecule has 0 saturated carbocycles. The molecular weight excluding hydrogens is 312 g/mol. The zero-order valence-corrected chi connectivity index (χ0v) is 15.5. The fourth-order valence-electron chi connectivity index (χ4n) is 3.03. The molecule has 0 unspecified atom stereocenters. The van der Waals surface area contributed by atoms with Crippen LogP contribution in [0.2, 0.25) is 0 Å². The summed E-state index contributed by atoms with van der Waals surface area (Å²) < 4.78 is 5.52. The van der Waals surface area contributed by atoms with Gasteiger partial charge in [0.05, 0.1) is 12.3 Å². The van der Waals surface area contributed by atoms with Crippen LogP contribution < -0.4 is 4.90 Å². The van der Waals surface area contributed by atoms with Gasteiger partial charge in [0.15, 0.2) is 0 Å². The van der Waals surface area contributed by atoms with Crippen LogP contribution in [0.4, 0.5) is 5.82 Å². The molecule has 1 aliphatic rings. The zero-order chi connectivity index (χ0) is 17.6. The summed E-state index contributed by atoms with van der Waals surface area (Å²) in [5.41, 5.74) is 3.68. The Morgan fingerprint density at radius 2 is 1.92 bits per heavy atom. The quantitative estimate of drug-likeness (QED) is 0.775. The van der Waals surface area contributed by atoms with E-state index in [9.17, 15) is 0 Å². The van der Waals surface area contributed by atoms with Gasteiger partial charge in [-0.1, -0.05) is 29.8 Å². The van der Waals surface area contributed by atoms with E-state index in [1.165, 1.54) is 11.1 Å². The van der Waals surface area contributed by atoms with E-state index in [2.05, 4.69) is 71.1 Å². The van der Waals surface area contributed by atoms with E-state index in [1.54, 1.807) is 6.33 Å². The minimum Gasteiger partial charge on any atom is -0.381 e. The van der Waals surface area contributed by atoms with Crippen molar-refractivity contribution in [3.05, 3.63) is 53.5 Å². The lowest BCUT2D eigenvalue weighted by molar-refractivity contribution is 0.193. The Kier molecular flexibility index (Phi) is 6.00. The van der Waals surface area contributed by atoms with E-state index in [0.29, 0.717) is 5.92 Å². The topological polar surface area (TPSA) is 41.5 Å². The van der Waals surface area contributed by atoms with Gasteiger partial charge in [0, 0.05) is 38.2 Å². The molecule has 0 radical (unpaired) electrons. The summed E-state index contributed by atoms with van der Waals surface area (Å²) in [5.74, 6) is 1.40. The molecule has 1 aromatic carbocycles. The Morgan fingerprint density at radius 3 is 2.60 bits per heavy atom. The first-order valence-corrected chi connectivity index (χ1v) is 8.97. The van der Waals surface area contributed by atoms with Crippen molar-refractivity contribution in [3.8, 4) is 0 Å². The third kappa shape index (κ3) is 5.00. The number of hydrogen-bond donors (Lipinski definition) is 0. The molecule has 0 amide bonds. The molecule has 0 bridgehead atoms. The lowest BCUT2D eigenvalue weighted by Gasteiger charge is -2.26. The van der Waals surface area contributed by atoms with Crippen LogP contribution in [0.5, 0.6) is 0 Å². The number of anilines is 1. The predicted octanol–water partition coefficient (Wildman–Crippen LogP) is 2.86. The average molecular weight is 340 g/mol. The van der Waals surface area contributed by atoms with Crippen LogP contribution in [-0.2, 0) is 11.3 Å². The van der Waals surface area contributed by atoms with Gasteiger partial charge in [0.2, 0.25) is 0 Å². The van der Waals surface area contributed by atoms with Gasteiger partial charge in [-0.3, -0.25) is 0 Å². The van der Waals surface area contributed by atoms with Crippen LogP contribution in [0.1, 0.15) is 29.2 Å². The second-order valence-corrected chi connectivity index (χ2v) is 7.07. The highest BCUT2D eigenvalue weighted by Gasteiger charge is 2.20. The van der Waals surface area contributed by atoms with Crippen molar-refractivity contribution >= 4 is 5.82 Å². The van der Waals surface area contributed by atoms with Gasteiger partial charge < -0.3 is 14.5 Å². The summed E-state index contributed by atoms with van der Waals surface area (Å²) in [6, 6.07) is 10.9. The minimum atomic E-state index is 0.400. The van der Waals surface area contributed by atoms with Gasteiger partial charge in [-0.05, 0) is 33.0 Å². The van der Waals surface area contributed by atoms with Crippen molar-refractivity contribution in [1.29, 1.82) is 0 Å². The highest BCUT2D eigenvalue weighted by Crippen LogP contribution is 2.26. The molecule has 2 aromatic rings. The summed E-state index contributed by atoms with van der Waals surface area (Å²) in [6.45, 7) is 6.49. The number of likely N-dealkylation sites (N-methyl/N-ethyl adjacent to an activating group) is 1. The molecule has 1 atom stereocenters. The SMILES string of the molecule is Cc1ccc(CN(CCN(C)C)c2cc([C@H]3CCOC3)ncn2)cc1. The predicted molar refractivity (Wildman–Crippen MR) is 101 cm³/mol. The second-order valence-electron chi connectivity index (χ2n) is 7.07. The maximum Gasteiger partial charge on any atom is 0.132 e. The molecule has 134 valence electrons. The second kappa shape index (κ2) is 8.41. The Morgan fingerprint density at radius 1 is 1.12 bits per heavy atom. The Hall–Kier alpha value is -1.98. The summed E-state index contributed by atoms with van der Waals surface area (Å²) >= 11 is 0. The fourth-order valence-corrected chi connectivity index (χ4v) is 3.03. The van der Waals surface area contributed by atoms with Crippen molar-refractivity contribution in [2.24, 2.45) is 0 Å². The number of ether oxygens (including phenoxy) is 1. The largest absolute Gasteiger partial charge is 0.381 e. The van der Waals surface area contributed by atoms with E-state index in [-0.39, 0.29) is 0 Å². The first-order chi connectivity index (χ1) is 12.1. The highest BCUT2D eigenvalue weighted by atomic mass is 16.5. The van der Waals surface area contributed by atoms with Crippen molar-refractivity contribution in [3.63, 3.8) is 0 Å². The third-order valence-corrected chi connectivity index (χ3v) is 4.66. The van der Waals surface area contributed by atoms with Gasteiger partial charge in [-0.2, -0.15) is 0 Å². The van der Waals surface area contributed by atoms with Gasteiger partial charge in [0.1, 0.15) is 12.1 Å². The van der Waals surface area contributed by atoms with Gasteiger partial charge in [0.25, 0.3) is 0 Å². The smallest absolute Gasteiger partial charge is 0.132 e. The monoisotopic (exact) mass is 340 g/mol. The van der Waals surface area contributed by atoms with Gasteiger partial charge in [-0.25, -0.2) is 9.97 Å². The first-order valence-electron chi connectivity index (χ1n) is 8.97. The summed E-state index contributed by atoms with van der Waals surface area (Å²) in [5, 5.41) is 0. The molecule has 3 rings (SSSR count). The molecule has 5 nitrogen and oxygen atoms in total. The fraction of sp³-hybridized carbons (Fsp3) is 0.500. The molecular formula is C20H28N4O. The minimum absolute atomic E-state index is 0.400. The van der Waals surface area contributed by atoms with Crippen LogP contribution in [0.15, 0.2) is 36.7 Å². The van der Waals surface area contributed by atoms with Crippen LogP contribution in [0, 0.1) is 6.92 Å². The summed E-state index contributed by atoms with van der Waals surface area (Å²) in [6.07, 6.45) is 2.74. The number of rotatable bonds is 7. The van der Waals surface area contributed by atoms with E-state index < -0.39 is 0 Å². The van der Waals surface area contributed by atoms with E-state index >= 15 is 0 Å². The molecule has 1 fully saturated rings. The molecule has 5 heteroatoms. The molecule has 0 aliphatic carbocycles. The standard InChI is InChI=1S/C20H28N4O/c1-16-4-6-17(7-5-16)13-24(10-9-23(2)3)20-12-19(21-15-22-20)18-8-11-25-14-18/h4-7,12,15,18H,8-11,13-14H2,1-3H3/t18-/m0/s1. The lowest BCUT2D eigenvalue weighted by atomic mass is 10.0. The zero-order valence-electron chi connectivity index (χ0n) is 15.5. The van der Waals surface area contributed by atoms with Crippen LogP contribution in [0.25, 0.3) is 0 Å². The first kappa shape index (κ1) is 17.8.